The highest BCUT2D eigenvalue weighted by Gasteiger charge is 2.32. The number of carbonyl (C=O) groups is 1. The zero-order valence-corrected chi connectivity index (χ0v) is 15.1. The Morgan fingerprint density at radius 1 is 0.862 bits per heavy atom. The predicted molar refractivity (Wildman–Crippen MR) is 107 cm³/mol. The molecular weight excluding hydrogens is 377 g/mol. The SMILES string of the molecule is O=C(Nc1cccc(-c2cccnc2)c1)c1cc(C(F)(F)F)cc2ccccc12. The van der Waals surface area contributed by atoms with Crippen LogP contribution in [0.2, 0.25) is 0 Å². The van der Waals surface area contributed by atoms with Crippen molar-refractivity contribution in [3.63, 3.8) is 0 Å². The monoisotopic (exact) mass is 392 g/mol. The molecule has 0 spiro atoms. The van der Waals surface area contributed by atoms with Gasteiger partial charge >= 0.3 is 6.18 Å². The number of anilines is 1. The molecule has 3 aromatic carbocycles. The number of carbonyl (C=O) groups excluding carboxylic acids is 1. The van der Waals surface area contributed by atoms with Gasteiger partial charge in [-0.3, -0.25) is 9.78 Å². The lowest BCUT2D eigenvalue weighted by Gasteiger charge is -2.13. The van der Waals surface area contributed by atoms with Gasteiger partial charge in [0.15, 0.2) is 0 Å². The first-order valence-corrected chi connectivity index (χ1v) is 8.83. The molecule has 0 fully saturated rings. The molecule has 1 aromatic heterocycles. The molecule has 6 heteroatoms. The Morgan fingerprint density at radius 2 is 1.66 bits per heavy atom. The molecule has 1 heterocycles. The molecule has 144 valence electrons. The fourth-order valence-corrected chi connectivity index (χ4v) is 3.17. The van der Waals surface area contributed by atoms with E-state index in [1.54, 1.807) is 60.9 Å². The summed E-state index contributed by atoms with van der Waals surface area (Å²) in [6, 6.07) is 19.2. The number of fused-ring (bicyclic) bond motifs is 1. The quantitative estimate of drug-likeness (QED) is 0.453. The number of hydrogen-bond acceptors (Lipinski definition) is 2. The highest BCUT2D eigenvalue weighted by molar-refractivity contribution is 6.13. The van der Waals surface area contributed by atoms with Crippen molar-refractivity contribution in [2.75, 3.05) is 5.32 Å². The van der Waals surface area contributed by atoms with E-state index in [4.69, 9.17) is 0 Å². The molecule has 1 amide bonds. The minimum absolute atomic E-state index is 0.0257. The largest absolute Gasteiger partial charge is 0.416 e. The molecule has 0 saturated carbocycles. The Balaban J connectivity index is 1.72. The summed E-state index contributed by atoms with van der Waals surface area (Å²) in [5.41, 5.74) is 1.31. The van der Waals surface area contributed by atoms with Crippen LogP contribution in [-0.2, 0) is 6.18 Å². The molecule has 1 N–H and O–H groups in total. The van der Waals surface area contributed by atoms with E-state index in [1.807, 2.05) is 12.1 Å². The van der Waals surface area contributed by atoms with E-state index in [9.17, 15) is 18.0 Å². The third-order valence-electron chi connectivity index (χ3n) is 4.55. The molecule has 3 nitrogen and oxygen atoms in total. The lowest BCUT2D eigenvalue weighted by atomic mass is 9.99. The smallest absolute Gasteiger partial charge is 0.322 e. The molecule has 0 bridgehead atoms. The first kappa shape index (κ1) is 18.7. The van der Waals surface area contributed by atoms with Crippen LogP contribution < -0.4 is 5.32 Å². The summed E-state index contributed by atoms with van der Waals surface area (Å²) in [6.45, 7) is 0. The molecule has 0 aliphatic rings. The zero-order chi connectivity index (χ0) is 20.4. The van der Waals surface area contributed by atoms with Crippen molar-refractivity contribution in [3.05, 3.63) is 96.3 Å². The first-order chi connectivity index (χ1) is 13.9. The molecule has 0 aliphatic carbocycles. The van der Waals surface area contributed by atoms with Gasteiger partial charge in [0, 0.05) is 29.2 Å². The van der Waals surface area contributed by atoms with Crippen LogP contribution in [0.15, 0.2) is 85.2 Å². The summed E-state index contributed by atoms with van der Waals surface area (Å²) in [5.74, 6) is -0.601. The fourth-order valence-electron chi connectivity index (χ4n) is 3.17. The summed E-state index contributed by atoms with van der Waals surface area (Å²) in [5, 5.41) is 3.53. The van der Waals surface area contributed by atoms with Crippen molar-refractivity contribution in [1.29, 1.82) is 0 Å². The van der Waals surface area contributed by atoms with Gasteiger partial charge in [-0.25, -0.2) is 0 Å². The lowest BCUT2D eigenvalue weighted by molar-refractivity contribution is -0.137. The highest BCUT2D eigenvalue weighted by atomic mass is 19.4. The van der Waals surface area contributed by atoms with E-state index >= 15 is 0 Å². The van der Waals surface area contributed by atoms with E-state index < -0.39 is 17.6 Å². The number of rotatable bonds is 3. The van der Waals surface area contributed by atoms with Gasteiger partial charge in [-0.2, -0.15) is 13.2 Å². The average molecular weight is 392 g/mol. The van der Waals surface area contributed by atoms with Crippen molar-refractivity contribution in [2.24, 2.45) is 0 Å². The maximum atomic E-state index is 13.3. The van der Waals surface area contributed by atoms with Crippen LogP contribution >= 0.6 is 0 Å². The van der Waals surface area contributed by atoms with Crippen molar-refractivity contribution in [3.8, 4) is 11.1 Å². The number of pyridine rings is 1. The lowest BCUT2D eigenvalue weighted by Crippen LogP contribution is -2.14. The molecule has 29 heavy (non-hydrogen) atoms. The summed E-state index contributed by atoms with van der Waals surface area (Å²) in [6.07, 6.45) is -1.19. The number of hydrogen-bond donors (Lipinski definition) is 1. The van der Waals surface area contributed by atoms with E-state index in [0.717, 1.165) is 23.3 Å². The second-order valence-corrected chi connectivity index (χ2v) is 6.52. The van der Waals surface area contributed by atoms with Crippen molar-refractivity contribution in [1.82, 2.24) is 4.98 Å². The second-order valence-electron chi connectivity index (χ2n) is 6.52. The van der Waals surface area contributed by atoms with Gasteiger partial charge in [-0.15, -0.1) is 0 Å². The van der Waals surface area contributed by atoms with Crippen molar-refractivity contribution < 1.29 is 18.0 Å². The standard InChI is InChI=1S/C23H15F3N2O/c24-23(25,26)18-11-16-5-1-2-9-20(16)21(13-18)22(29)28-19-8-3-6-15(12-19)17-7-4-10-27-14-17/h1-14H,(H,28,29). The Morgan fingerprint density at radius 3 is 2.41 bits per heavy atom. The van der Waals surface area contributed by atoms with Crippen molar-refractivity contribution in [2.45, 2.75) is 6.18 Å². The molecule has 4 rings (SSSR count). The summed E-state index contributed by atoms with van der Waals surface area (Å²) in [4.78, 5) is 16.9. The fraction of sp³-hybridized carbons (Fsp3) is 0.0435. The number of amides is 1. The number of aromatic nitrogens is 1. The van der Waals surface area contributed by atoms with Gasteiger partial charge in [-0.05, 0) is 46.7 Å². The molecule has 0 saturated heterocycles. The highest BCUT2D eigenvalue weighted by Crippen LogP contribution is 2.33. The van der Waals surface area contributed by atoms with E-state index in [-0.39, 0.29) is 5.56 Å². The Kier molecular flexibility index (Phi) is 4.76. The Bertz CT molecular complexity index is 1190. The molecule has 0 unspecified atom stereocenters. The van der Waals surface area contributed by atoms with Gasteiger partial charge in [-0.1, -0.05) is 42.5 Å². The van der Waals surface area contributed by atoms with E-state index in [0.29, 0.717) is 16.5 Å². The van der Waals surface area contributed by atoms with E-state index in [1.165, 1.54) is 0 Å². The van der Waals surface area contributed by atoms with Crippen LogP contribution in [0.4, 0.5) is 18.9 Å². The normalized spacial score (nSPS) is 11.4. The number of nitrogens with one attached hydrogen (secondary N) is 1. The van der Waals surface area contributed by atoms with Crippen LogP contribution in [0.25, 0.3) is 21.9 Å². The number of halogens is 3. The maximum absolute atomic E-state index is 13.3. The number of benzene rings is 3. The third kappa shape index (κ3) is 3.96. The van der Waals surface area contributed by atoms with Crippen LogP contribution in [0.5, 0.6) is 0 Å². The first-order valence-electron chi connectivity index (χ1n) is 8.83. The Hall–Kier alpha value is -3.67. The van der Waals surface area contributed by atoms with Gasteiger partial charge in [0.25, 0.3) is 5.91 Å². The van der Waals surface area contributed by atoms with Crippen LogP contribution in [0.3, 0.4) is 0 Å². The number of alkyl halides is 3. The van der Waals surface area contributed by atoms with Crippen LogP contribution in [0, 0.1) is 0 Å². The predicted octanol–water partition coefficient (Wildman–Crippen LogP) is 6.17. The van der Waals surface area contributed by atoms with E-state index in [2.05, 4.69) is 10.3 Å². The van der Waals surface area contributed by atoms with Crippen LogP contribution in [-0.4, -0.2) is 10.9 Å². The summed E-state index contributed by atoms with van der Waals surface area (Å²) < 4.78 is 39.9. The zero-order valence-electron chi connectivity index (χ0n) is 15.1. The Labute approximate surface area is 164 Å². The summed E-state index contributed by atoms with van der Waals surface area (Å²) in [7, 11) is 0. The van der Waals surface area contributed by atoms with Crippen LogP contribution in [0.1, 0.15) is 15.9 Å². The average Bonchev–Trinajstić information content (AvgIpc) is 2.73. The minimum Gasteiger partial charge on any atom is -0.322 e. The van der Waals surface area contributed by atoms with Gasteiger partial charge in [0.1, 0.15) is 0 Å². The molecule has 0 aliphatic heterocycles. The molecular formula is C23H15F3N2O. The van der Waals surface area contributed by atoms with Gasteiger partial charge < -0.3 is 5.32 Å². The third-order valence-corrected chi connectivity index (χ3v) is 4.55. The van der Waals surface area contributed by atoms with Crippen molar-refractivity contribution >= 4 is 22.4 Å². The molecule has 0 radical (unpaired) electrons. The van der Waals surface area contributed by atoms with Gasteiger partial charge in [0.05, 0.1) is 5.56 Å². The molecule has 0 atom stereocenters. The molecule has 4 aromatic rings. The summed E-state index contributed by atoms with van der Waals surface area (Å²) >= 11 is 0. The minimum atomic E-state index is -4.54. The topological polar surface area (TPSA) is 42.0 Å². The second kappa shape index (κ2) is 7.39. The number of nitrogens with zero attached hydrogens (tertiary/aromatic N) is 1. The maximum Gasteiger partial charge on any atom is 0.416 e. The van der Waals surface area contributed by atoms with Gasteiger partial charge in [0.2, 0.25) is 0 Å².